The van der Waals surface area contributed by atoms with Crippen molar-refractivity contribution in [3.8, 4) is 73.5 Å². The number of aryl methyl sites for hydroxylation is 1. The van der Waals surface area contributed by atoms with E-state index in [-0.39, 0.29) is 0 Å². The van der Waals surface area contributed by atoms with Crippen LogP contribution in [0.2, 0.25) is 0 Å². The number of nitrogens with zero attached hydrogens (tertiary/aromatic N) is 8. The summed E-state index contributed by atoms with van der Waals surface area (Å²) < 4.78 is 7.18. The number of aromatic nitrogens is 8. The Kier molecular flexibility index (Phi) is 9.84. The molecule has 1 aliphatic rings. The molecule has 14 aromatic rings. The Balaban J connectivity index is 0.918. The van der Waals surface area contributed by atoms with Crippen LogP contribution in [0.15, 0.2) is 237 Å². The summed E-state index contributed by atoms with van der Waals surface area (Å²) in [6.07, 6.45) is 13.7. The molecule has 0 amide bonds. The second-order valence-electron chi connectivity index (χ2n) is 19.3. The fourth-order valence-electron chi connectivity index (χ4n) is 11.5. The first-order valence-electron chi connectivity index (χ1n) is 25.4. The standard InChI is InChI=1S/C67H44N8/c1-3-17-50(18-4-1)73-59-24-9-7-22-53(59)55-37-43(26-30-61(55)73)45-28-32-63-57(39-45)58-40-46(44-27-31-62-56(38-44)54-23-8-10-25-60(54)74(62)51-19-5-2-6-20-51)29-33-64(58)75(63)52-21-11-14-47(36-52)65-70-66(48-15-12-34-68-41-48)72-67(71-65)49-16-13-35-69-42-49/h1-7,9-22,24-42H,8,23H2. The van der Waals surface area contributed by atoms with Gasteiger partial charge < -0.3 is 13.7 Å². The smallest absolute Gasteiger partial charge is 0.165 e. The molecule has 0 unspecified atom stereocenters. The van der Waals surface area contributed by atoms with Gasteiger partial charge in [-0.2, -0.15) is 0 Å². The number of hydrogen-bond acceptors (Lipinski definition) is 5. The molecule has 0 radical (unpaired) electrons. The SMILES string of the molecule is C1=Cc2c(c3cc(-c4ccc5c(c4)c4cc(-c6ccc7c(c6)c6ccccc6n7-c6ccccc6)ccc4n5-c4cccc(-c5nc(-c6cccnc6)nc(-c6cccnc6)n5)c4)ccc3n2-c2ccccc2)CC1. The van der Waals surface area contributed by atoms with Gasteiger partial charge in [-0.1, -0.05) is 97.1 Å². The third-order valence-corrected chi connectivity index (χ3v) is 14.9. The first kappa shape index (κ1) is 42.6. The largest absolute Gasteiger partial charge is 0.310 e. The fraction of sp³-hybridized carbons (Fsp3) is 0.0299. The third kappa shape index (κ3) is 7.10. The van der Waals surface area contributed by atoms with E-state index in [4.69, 9.17) is 15.0 Å². The molecule has 15 rings (SSSR count). The van der Waals surface area contributed by atoms with Gasteiger partial charge in [-0.05, 0) is 162 Å². The molecule has 0 saturated heterocycles. The highest BCUT2D eigenvalue weighted by molar-refractivity contribution is 6.13. The Labute approximate surface area is 431 Å². The zero-order valence-electron chi connectivity index (χ0n) is 40.6. The van der Waals surface area contributed by atoms with Crippen LogP contribution in [0, 0.1) is 0 Å². The molecule has 0 fully saturated rings. The molecule has 0 aliphatic heterocycles. The number of rotatable bonds is 8. The van der Waals surface area contributed by atoms with Crippen molar-refractivity contribution in [3.05, 3.63) is 248 Å². The third-order valence-electron chi connectivity index (χ3n) is 14.9. The monoisotopic (exact) mass is 960 g/mol. The molecule has 8 aromatic carbocycles. The minimum atomic E-state index is 0.545. The predicted octanol–water partition coefficient (Wildman–Crippen LogP) is 16.1. The van der Waals surface area contributed by atoms with Crippen LogP contribution in [-0.4, -0.2) is 38.6 Å². The zero-order chi connectivity index (χ0) is 49.4. The molecule has 6 heterocycles. The normalized spacial score (nSPS) is 12.4. The Morgan fingerprint density at radius 1 is 0.320 bits per heavy atom. The van der Waals surface area contributed by atoms with Crippen molar-refractivity contribution in [2.24, 2.45) is 0 Å². The van der Waals surface area contributed by atoms with Gasteiger partial charge in [-0.15, -0.1) is 0 Å². The van der Waals surface area contributed by atoms with Gasteiger partial charge in [-0.25, -0.2) is 15.0 Å². The van der Waals surface area contributed by atoms with Gasteiger partial charge in [0.1, 0.15) is 0 Å². The maximum Gasteiger partial charge on any atom is 0.165 e. The van der Waals surface area contributed by atoms with E-state index in [0.29, 0.717) is 17.5 Å². The molecule has 0 bridgehead atoms. The molecular formula is C67H44N8. The highest BCUT2D eigenvalue weighted by Crippen LogP contribution is 2.42. The molecule has 8 heteroatoms. The fourth-order valence-corrected chi connectivity index (χ4v) is 11.5. The number of hydrogen-bond donors (Lipinski definition) is 0. The predicted molar refractivity (Wildman–Crippen MR) is 305 cm³/mol. The molecule has 352 valence electrons. The topological polar surface area (TPSA) is 79.2 Å². The summed E-state index contributed by atoms with van der Waals surface area (Å²) in [5.41, 5.74) is 19.0. The molecule has 75 heavy (non-hydrogen) atoms. The average Bonchev–Trinajstić information content (AvgIpc) is 4.13. The van der Waals surface area contributed by atoms with Gasteiger partial charge in [0.25, 0.3) is 0 Å². The lowest BCUT2D eigenvalue weighted by Crippen LogP contribution is -2.01. The van der Waals surface area contributed by atoms with Crippen LogP contribution in [0.25, 0.3) is 134 Å². The average molecular weight is 961 g/mol. The zero-order valence-corrected chi connectivity index (χ0v) is 40.6. The Bertz CT molecular complexity index is 4510. The summed E-state index contributed by atoms with van der Waals surface area (Å²) in [6, 6.07) is 74.3. The van der Waals surface area contributed by atoms with Crippen molar-refractivity contribution in [1.82, 2.24) is 38.6 Å². The lowest BCUT2D eigenvalue weighted by atomic mass is 9.96. The van der Waals surface area contributed by atoms with Gasteiger partial charge in [0.15, 0.2) is 17.5 Å². The molecule has 0 spiro atoms. The van der Waals surface area contributed by atoms with E-state index in [1.54, 1.807) is 24.8 Å². The van der Waals surface area contributed by atoms with Gasteiger partial charge in [-0.3, -0.25) is 9.97 Å². The van der Waals surface area contributed by atoms with E-state index in [0.717, 1.165) is 63.1 Å². The maximum absolute atomic E-state index is 5.06. The van der Waals surface area contributed by atoms with E-state index in [1.165, 1.54) is 71.6 Å². The van der Waals surface area contributed by atoms with Gasteiger partial charge >= 0.3 is 0 Å². The van der Waals surface area contributed by atoms with Crippen LogP contribution >= 0.6 is 0 Å². The molecule has 8 nitrogen and oxygen atoms in total. The van der Waals surface area contributed by atoms with Crippen LogP contribution in [-0.2, 0) is 6.42 Å². The van der Waals surface area contributed by atoms with Crippen molar-refractivity contribution in [3.63, 3.8) is 0 Å². The molecular weight excluding hydrogens is 917 g/mol. The number of benzene rings is 8. The molecule has 1 aliphatic carbocycles. The summed E-state index contributed by atoms with van der Waals surface area (Å²) in [5, 5.41) is 6.09. The minimum absolute atomic E-state index is 0.545. The molecule has 0 N–H and O–H groups in total. The van der Waals surface area contributed by atoms with Crippen molar-refractivity contribution < 1.29 is 0 Å². The first-order chi connectivity index (χ1) is 37.2. The molecule has 0 saturated carbocycles. The van der Waals surface area contributed by atoms with E-state index in [2.05, 4.69) is 218 Å². The maximum atomic E-state index is 5.06. The van der Waals surface area contributed by atoms with E-state index in [1.807, 2.05) is 24.3 Å². The van der Waals surface area contributed by atoms with Crippen molar-refractivity contribution in [2.75, 3.05) is 0 Å². The van der Waals surface area contributed by atoms with E-state index < -0.39 is 0 Å². The second-order valence-corrected chi connectivity index (χ2v) is 19.3. The second kappa shape index (κ2) is 17.3. The van der Waals surface area contributed by atoms with E-state index >= 15 is 0 Å². The van der Waals surface area contributed by atoms with E-state index in [9.17, 15) is 0 Å². The summed E-state index contributed by atoms with van der Waals surface area (Å²) in [5.74, 6) is 1.65. The van der Waals surface area contributed by atoms with Crippen LogP contribution in [0.3, 0.4) is 0 Å². The summed E-state index contributed by atoms with van der Waals surface area (Å²) in [6.45, 7) is 0. The summed E-state index contributed by atoms with van der Waals surface area (Å²) in [4.78, 5) is 23.8. The number of para-hydroxylation sites is 3. The Morgan fingerprint density at radius 2 is 0.773 bits per heavy atom. The van der Waals surface area contributed by atoms with Gasteiger partial charge in [0, 0.05) is 91.2 Å². The van der Waals surface area contributed by atoms with Crippen LogP contribution in [0.4, 0.5) is 0 Å². The number of pyridine rings is 2. The minimum Gasteiger partial charge on any atom is -0.310 e. The van der Waals surface area contributed by atoms with Crippen molar-refractivity contribution in [2.45, 2.75) is 12.8 Å². The highest BCUT2D eigenvalue weighted by Gasteiger charge is 2.22. The molecule has 6 aromatic heterocycles. The quantitative estimate of drug-likeness (QED) is 0.152. The summed E-state index contributed by atoms with van der Waals surface area (Å²) >= 11 is 0. The first-order valence-corrected chi connectivity index (χ1v) is 25.4. The Hall–Kier alpha value is -10.1. The Morgan fingerprint density at radius 3 is 1.35 bits per heavy atom. The van der Waals surface area contributed by atoms with Crippen LogP contribution < -0.4 is 0 Å². The van der Waals surface area contributed by atoms with Crippen LogP contribution in [0.1, 0.15) is 17.7 Å². The number of fused-ring (bicyclic) bond motifs is 9. The van der Waals surface area contributed by atoms with Crippen molar-refractivity contribution >= 4 is 60.6 Å². The highest BCUT2D eigenvalue weighted by atomic mass is 15.0. The number of allylic oxidation sites excluding steroid dienone is 1. The summed E-state index contributed by atoms with van der Waals surface area (Å²) in [7, 11) is 0. The lowest BCUT2D eigenvalue weighted by Gasteiger charge is -2.12. The van der Waals surface area contributed by atoms with Crippen molar-refractivity contribution in [1.29, 1.82) is 0 Å². The van der Waals surface area contributed by atoms with Gasteiger partial charge in [0.2, 0.25) is 0 Å². The van der Waals surface area contributed by atoms with Crippen LogP contribution in [0.5, 0.6) is 0 Å². The van der Waals surface area contributed by atoms with Gasteiger partial charge in [0.05, 0.1) is 27.6 Å². The lowest BCUT2D eigenvalue weighted by molar-refractivity contribution is 0.967. The molecule has 0 atom stereocenters.